The minimum absolute atomic E-state index is 0.0377. The molecule has 6 heteroatoms. The SMILES string of the molecule is CCc1c(C(=O)CCl)cnn1-c1cncnc1. The highest BCUT2D eigenvalue weighted by Crippen LogP contribution is 2.15. The normalized spacial score (nSPS) is 10.5. The van der Waals surface area contributed by atoms with Gasteiger partial charge >= 0.3 is 0 Å². The lowest BCUT2D eigenvalue weighted by Crippen LogP contribution is -2.07. The van der Waals surface area contributed by atoms with Crippen molar-refractivity contribution in [1.29, 1.82) is 0 Å². The molecule has 0 saturated heterocycles. The molecule has 2 rings (SSSR count). The molecule has 2 aromatic rings. The van der Waals surface area contributed by atoms with Gasteiger partial charge in [-0.05, 0) is 6.42 Å². The molecule has 0 bridgehead atoms. The zero-order valence-corrected chi connectivity index (χ0v) is 10.1. The van der Waals surface area contributed by atoms with E-state index in [0.717, 1.165) is 11.4 Å². The number of hydrogen-bond acceptors (Lipinski definition) is 4. The molecule has 0 amide bonds. The summed E-state index contributed by atoms with van der Waals surface area (Å²) in [5, 5.41) is 4.18. The summed E-state index contributed by atoms with van der Waals surface area (Å²) in [6.07, 6.45) is 6.97. The number of aromatic nitrogens is 4. The maximum atomic E-state index is 11.6. The monoisotopic (exact) mass is 250 g/mol. The summed E-state index contributed by atoms with van der Waals surface area (Å²) in [5.74, 6) is -0.157. The van der Waals surface area contributed by atoms with Gasteiger partial charge in [-0.15, -0.1) is 11.6 Å². The van der Waals surface area contributed by atoms with Gasteiger partial charge in [-0.1, -0.05) is 6.92 Å². The topological polar surface area (TPSA) is 60.7 Å². The number of Topliss-reactive ketones (excluding diaryl/α,β-unsaturated/α-hetero) is 1. The molecule has 0 aliphatic carbocycles. The lowest BCUT2D eigenvalue weighted by molar-refractivity contribution is 0.102. The summed E-state index contributed by atoms with van der Waals surface area (Å²) in [6, 6.07) is 0. The van der Waals surface area contributed by atoms with Crippen LogP contribution in [-0.4, -0.2) is 31.4 Å². The van der Waals surface area contributed by atoms with E-state index in [1.165, 1.54) is 12.5 Å². The number of hydrogen-bond donors (Lipinski definition) is 0. The van der Waals surface area contributed by atoms with Gasteiger partial charge < -0.3 is 0 Å². The quantitative estimate of drug-likeness (QED) is 0.611. The van der Waals surface area contributed by atoms with E-state index < -0.39 is 0 Å². The van der Waals surface area contributed by atoms with Gasteiger partial charge in [0.25, 0.3) is 0 Å². The highest BCUT2D eigenvalue weighted by atomic mass is 35.5. The van der Waals surface area contributed by atoms with E-state index in [2.05, 4.69) is 15.1 Å². The Balaban J connectivity index is 2.50. The van der Waals surface area contributed by atoms with Gasteiger partial charge in [0, 0.05) is 0 Å². The highest BCUT2D eigenvalue weighted by molar-refractivity contribution is 6.30. The summed E-state index contributed by atoms with van der Waals surface area (Å²) in [7, 11) is 0. The molecule has 0 atom stereocenters. The zero-order chi connectivity index (χ0) is 12.3. The van der Waals surface area contributed by atoms with Crippen LogP contribution in [0.15, 0.2) is 24.9 Å². The molecule has 0 aliphatic heterocycles. The van der Waals surface area contributed by atoms with Crippen molar-refractivity contribution in [3.8, 4) is 5.69 Å². The molecule has 2 aromatic heterocycles. The molecule has 5 nitrogen and oxygen atoms in total. The predicted molar refractivity (Wildman–Crippen MR) is 63.6 cm³/mol. The third-order valence-corrected chi connectivity index (χ3v) is 2.66. The van der Waals surface area contributed by atoms with Crippen LogP contribution < -0.4 is 0 Å². The summed E-state index contributed by atoms with van der Waals surface area (Å²) in [5.41, 5.74) is 2.12. The van der Waals surface area contributed by atoms with Crippen molar-refractivity contribution in [2.75, 3.05) is 5.88 Å². The van der Waals surface area contributed by atoms with Crippen molar-refractivity contribution < 1.29 is 4.79 Å². The van der Waals surface area contributed by atoms with Crippen LogP contribution in [0, 0.1) is 0 Å². The van der Waals surface area contributed by atoms with E-state index in [1.54, 1.807) is 17.1 Å². The predicted octanol–water partition coefficient (Wildman–Crippen LogP) is 1.65. The Morgan fingerprint density at radius 2 is 2.06 bits per heavy atom. The fourth-order valence-electron chi connectivity index (χ4n) is 1.64. The van der Waals surface area contributed by atoms with E-state index in [9.17, 15) is 4.79 Å². The zero-order valence-electron chi connectivity index (χ0n) is 9.30. The standard InChI is InChI=1S/C11H11ClN4O/c1-2-10-9(11(17)3-12)6-15-16(10)8-4-13-7-14-5-8/h4-7H,2-3H2,1H3. The lowest BCUT2D eigenvalue weighted by Gasteiger charge is -2.05. The van der Waals surface area contributed by atoms with Crippen LogP contribution in [-0.2, 0) is 6.42 Å². The molecule has 2 heterocycles. The second-order valence-electron chi connectivity index (χ2n) is 3.42. The Labute approximate surface area is 103 Å². The summed E-state index contributed by atoms with van der Waals surface area (Å²) >= 11 is 5.56. The van der Waals surface area contributed by atoms with Crippen molar-refractivity contribution in [1.82, 2.24) is 19.7 Å². The van der Waals surface area contributed by atoms with Gasteiger partial charge in [0.2, 0.25) is 0 Å². The fourth-order valence-corrected chi connectivity index (χ4v) is 1.79. The van der Waals surface area contributed by atoms with Gasteiger partial charge in [0.15, 0.2) is 5.78 Å². The first kappa shape index (κ1) is 11.7. The van der Waals surface area contributed by atoms with E-state index in [0.29, 0.717) is 12.0 Å². The molecule has 0 spiro atoms. The second kappa shape index (κ2) is 5.05. The average Bonchev–Trinajstić information content (AvgIpc) is 2.82. The van der Waals surface area contributed by atoms with Crippen LogP contribution in [0.5, 0.6) is 0 Å². The van der Waals surface area contributed by atoms with E-state index >= 15 is 0 Å². The Bertz CT molecular complexity index is 524. The van der Waals surface area contributed by atoms with E-state index in [4.69, 9.17) is 11.6 Å². The smallest absolute Gasteiger partial charge is 0.181 e. The summed E-state index contributed by atoms with van der Waals surface area (Å²) in [4.78, 5) is 19.5. The summed E-state index contributed by atoms with van der Waals surface area (Å²) < 4.78 is 1.67. The Kier molecular flexibility index (Phi) is 3.49. The van der Waals surface area contributed by atoms with E-state index in [1.807, 2.05) is 6.92 Å². The molecule has 88 valence electrons. The lowest BCUT2D eigenvalue weighted by atomic mass is 10.1. The van der Waals surface area contributed by atoms with Crippen molar-refractivity contribution in [2.24, 2.45) is 0 Å². The number of halogens is 1. The van der Waals surface area contributed by atoms with Crippen molar-refractivity contribution in [3.63, 3.8) is 0 Å². The Morgan fingerprint density at radius 3 is 2.65 bits per heavy atom. The first-order chi connectivity index (χ1) is 8.27. The van der Waals surface area contributed by atoms with Gasteiger partial charge in [0.05, 0.1) is 35.7 Å². The van der Waals surface area contributed by atoms with Crippen molar-refractivity contribution in [3.05, 3.63) is 36.2 Å². The minimum atomic E-state index is -0.119. The van der Waals surface area contributed by atoms with Crippen LogP contribution in [0.3, 0.4) is 0 Å². The van der Waals surface area contributed by atoms with Gasteiger partial charge in [-0.2, -0.15) is 5.10 Å². The Hall–Kier alpha value is -1.75. The largest absolute Gasteiger partial charge is 0.293 e. The van der Waals surface area contributed by atoms with Crippen molar-refractivity contribution in [2.45, 2.75) is 13.3 Å². The number of rotatable bonds is 4. The molecule has 0 aliphatic rings. The van der Waals surface area contributed by atoms with E-state index in [-0.39, 0.29) is 11.7 Å². The third kappa shape index (κ3) is 2.19. The van der Waals surface area contributed by atoms with Crippen molar-refractivity contribution >= 4 is 17.4 Å². The van der Waals surface area contributed by atoms with Crippen LogP contribution in [0.25, 0.3) is 5.69 Å². The molecule has 0 radical (unpaired) electrons. The van der Waals surface area contributed by atoms with Crippen LogP contribution in [0.2, 0.25) is 0 Å². The molecule has 0 aromatic carbocycles. The molecule has 0 N–H and O–H groups in total. The minimum Gasteiger partial charge on any atom is -0.293 e. The third-order valence-electron chi connectivity index (χ3n) is 2.42. The van der Waals surface area contributed by atoms with Crippen LogP contribution >= 0.6 is 11.6 Å². The molecule has 17 heavy (non-hydrogen) atoms. The number of carbonyl (C=O) groups excluding carboxylic acids is 1. The maximum absolute atomic E-state index is 11.6. The molecule has 0 unspecified atom stereocenters. The average molecular weight is 251 g/mol. The maximum Gasteiger partial charge on any atom is 0.181 e. The first-order valence-corrected chi connectivity index (χ1v) is 5.72. The number of carbonyl (C=O) groups is 1. The van der Waals surface area contributed by atoms with Gasteiger partial charge in [0.1, 0.15) is 12.0 Å². The van der Waals surface area contributed by atoms with Gasteiger partial charge in [-0.25, -0.2) is 14.6 Å². The second-order valence-corrected chi connectivity index (χ2v) is 3.69. The number of ketones is 1. The fraction of sp³-hybridized carbons (Fsp3) is 0.273. The summed E-state index contributed by atoms with van der Waals surface area (Å²) in [6.45, 7) is 1.96. The first-order valence-electron chi connectivity index (χ1n) is 5.19. The number of nitrogens with zero attached hydrogens (tertiary/aromatic N) is 4. The number of alkyl halides is 1. The van der Waals surface area contributed by atoms with Crippen LogP contribution in [0.4, 0.5) is 0 Å². The van der Waals surface area contributed by atoms with Crippen LogP contribution in [0.1, 0.15) is 23.0 Å². The molecule has 0 saturated carbocycles. The molecular formula is C11H11ClN4O. The molecule has 0 fully saturated rings. The highest BCUT2D eigenvalue weighted by Gasteiger charge is 2.16. The van der Waals surface area contributed by atoms with Gasteiger partial charge in [-0.3, -0.25) is 4.79 Å². The Morgan fingerprint density at radius 1 is 1.35 bits per heavy atom. The molecular weight excluding hydrogens is 240 g/mol.